The quantitative estimate of drug-likeness (QED) is 0.872. The van der Waals surface area contributed by atoms with Gasteiger partial charge in [0.05, 0.1) is 0 Å². The summed E-state index contributed by atoms with van der Waals surface area (Å²) in [6, 6.07) is 0.548. The smallest absolute Gasteiger partial charge is 0.137 e. The zero-order chi connectivity index (χ0) is 12.4. The number of aromatic nitrogens is 2. The summed E-state index contributed by atoms with van der Waals surface area (Å²) in [5, 5.41) is 3.15. The lowest BCUT2D eigenvalue weighted by atomic mass is 10.2. The molecule has 5 heteroatoms. The molecule has 1 aromatic rings. The molecule has 2 heterocycles. The molecular weight excluding hydrogens is 232 g/mol. The second-order valence-corrected chi connectivity index (χ2v) is 5.59. The van der Waals surface area contributed by atoms with E-state index in [1.165, 1.54) is 11.5 Å². The molecule has 0 bridgehead atoms. The zero-order valence-corrected chi connectivity index (χ0v) is 11.8. The second-order valence-electron chi connectivity index (χ2n) is 4.44. The maximum absolute atomic E-state index is 4.62. The molecule has 1 fully saturated rings. The van der Waals surface area contributed by atoms with Crippen molar-refractivity contribution in [2.24, 2.45) is 0 Å². The van der Waals surface area contributed by atoms with E-state index in [0.29, 0.717) is 6.04 Å². The number of nitrogens with one attached hydrogen (secondary N) is 1. The molecule has 1 N–H and O–H groups in total. The molecule has 94 valence electrons. The van der Waals surface area contributed by atoms with Gasteiger partial charge >= 0.3 is 0 Å². The summed E-state index contributed by atoms with van der Waals surface area (Å²) in [5.41, 5.74) is 1.15. The molecule has 0 aromatic carbocycles. The topological polar surface area (TPSA) is 41.1 Å². The molecule has 1 aliphatic rings. The molecule has 1 aromatic heterocycles. The van der Waals surface area contributed by atoms with Gasteiger partial charge in [-0.15, -0.1) is 0 Å². The summed E-state index contributed by atoms with van der Waals surface area (Å²) in [4.78, 5) is 11.4. The maximum Gasteiger partial charge on any atom is 0.137 e. The van der Waals surface area contributed by atoms with E-state index in [1.54, 1.807) is 0 Å². The van der Waals surface area contributed by atoms with Crippen molar-refractivity contribution < 1.29 is 0 Å². The summed E-state index contributed by atoms with van der Waals surface area (Å²) in [6.45, 7) is 7.39. The Morgan fingerprint density at radius 2 is 2.12 bits per heavy atom. The number of thioether (sulfide) groups is 1. The van der Waals surface area contributed by atoms with Gasteiger partial charge in [-0.2, -0.15) is 11.8 Å². The van der Waals surface area contributed by atoms with Gasteiger partial charge in [-0.05, 0) is 20.8 Å². The van der Waals surface area contributed by atoms with Crippen LogP contribution in [0.1, 0.15) is 18.3 Å². The van der Waals surface area contributed by atoms with Gasteiger partial charge in [0.1, 0.15) is 17.5 Å². The fraction of sp³-hybridized carbons (Fsp3) is 0.667. The average molecular weight is 252 g/mol. The summed E-state index contributed by atoms with van der Waals surface area (Å²) in [5.74, 6) is 5.23. The van der Waals surface area contributed by atoms with Crippen molar-refractivity contribution in [3.63, 3.8) is 0 Å². The zero-order valence-electron chi connectivity index (χ0n) is 10.9. The normalized spacial score (nSPS) is 20.5. The number of nitrogens with zero attached hydrogens (tertiary/aromatic N) is 3. The van der Waals surface area contributed by atoms with Crippen LogP contribution in [-0.4, -0.2) is 41.1 Å². The minimum absolute atomic E-state index is 0.548. The van der Waals surface area contributed by atoms with Gasteiger partial charge < -0.3 is 10.2 Å². The van der Waals surface area contributed by atoms with Crippen LogP contribution in [0, 0.1) is 13.8 Å². The molecular formula is C12H20N4S. The molecule has 1 saturated heterocycles. The molecule has 0 saturated carbocycles. The largest absolute Gasteiger partial charge is 0.373 e. The highest BCUT2D eigenvalue weighted by Crippen LogP contribution is 2.28. The van der Waals surface area contributed by atoms with Crippen LogP contribution in [0.15, 0.2) is 0 Å². The lowest BCUT2D eigenvalue weighted by Crippen LogP contribution is -2.41. The van der Waals surface area contributed by atoms with E-state index < -0.39 is 0 Å². The lowest BCUT2D eigenvalue weighted by molar-refractivity contribution is 0.684. The number of hydrogen-bond acceptors (Lipinski definition) is 5. The molecule has 1 unspecified atom stereocenters. The molecule has 2 rings (SSSR count). The number of hydrogen-bond donors (Lipinski definition) is 1. The summed E-state index contributed by atoms with van der Waals surface area (Å²) >= 11 is 2.02. The van der Waals surface area contributed by atoms with Crippen molar-refractivity contribution in [3.8, 4) is 0 Å². The molecule has 17 heavy (non-hydrogen) atoms. The minimum Gasteiger partial charge on any atom is -0.373 e. The van der Waals surface area contributed by atoms with Crippen molar-refractivity contribution in [3.05, 3.63) is 11.4 Å². The Kier molecular flexibility index (Phi) is 3.76. The second kappa shape index (κ2) is 5.12. The third-order valence-electron chi connectivity index (χ3n) is 3.11. The Morgan fingerprint density at radius 1 is 1.35 bits per heavy atom. The molecule has 0 aliphatic carbocycles. The third kappa shape index (κ3) is 2.49. The van der Waals surface area contributed by atoms with Crippen molar-refractivity contribution in [2.45, 2.75) is 26.8 Å². The highest BCUT2D eigenvalue weighted by atomic mass is 32.2. The van der Waals surface area contributed by atoms with E-state index in [1.807, 2.05) is 25.7 Å². The molecule has 0 radical (unpaired) electrons. The maximum atomic E-state index is 4.62. The summed E-state index contributed by atoms with van der Waals surface area (Å²) in [6.07, 6.45) is 0. The van der Waals surface area contributed by atoms with Gasteiger partial charge in [0.15, 0.2) is 0 Å². The van der Waals surface area contributed by atoms with Crippen LogP contribution in [0.4, 0.5) is 11.6 Å². The minimum atomic E-state index is 0.548. The van der Waals surface area contributed by atoms with Crippen LogP contribution >= 0.6 is 11.8 Å². The Balaban J connectivity index is 2.39. The van der Waals surface area contributed by atoms with Crippen molar-refractivity contribution in [2.75, 3.05) is 35.3 Å². The fourth-order valence-electron chi connectivity index (χ4n) is 2.18. The van der Waals surface area contributed by atoms with E-state index in [-0.39, 0.29) is 0 Å². The Labute approximate surface area is 107 Å². The van der Waals surface area contributed by atoms with Crippen LogP contribution in [-0.2, 0) is 0 Å². The van der Waals surface area contributed by atoms with Gasteiger partial charge in [-0.3, -0.25) is 0 Å². The standard InChI is InChI=1S/C12H20N4S/c1-8-7-17-6-5-16(8)12-9(2)11(13-4)14-10(3)15-12/h8H,5-7H2,1-4H3,(H,13,14,15). The number of anilines is 2. The van der Waals surface area contributed by atoms with E-state index in [0.717, 1.165) is 29.6 Å². The van der Waals surface area contributed by atoms with Gasteiger partial charge in [0.2, 0.25) is 0 Å². The van der Waals surface area contributed by atoms with Crippen LogP contribution in [0.5, 0.6) is 0 Å². The van der Waals surface area contributed by atoms with Crippen LogP contribution in [0.3, 0.4) is 0 Å². The van der Waals surface area contributed by atoms with Crippen molar-refractivity contribution in [1.29, 1.82) is 0 Å². The van der Waals surface area contributed by atoms with Crippen LogP contribution in [0.2, 0.25) is 0 Å². The Morgan fingerprint density at radius 3 is 2.76 bits per heavy atom. The van der Waals surface area contributed by atoms with Crippen molar-refractivity contribution in [1.82, 2.24) is 9.97 Å². The first-order valence-electron chi connectivity index (χ1n) is 6.01. The predicted molar refractivity (Wildman–Crippen MR) is 75.2 cm³/mol. The van der Waals surface area contributed by atoms with Crippen molar-refractivity contribution >= 4 is 23.4 Å². The Bertz CT molecular complexity index is 408. The molecule has 1 aliphatic heterocycles. The molecule has 0 spiro atoms. The highest BCUT2D eigenvalue weighted by Gasteiger charge is 2.23. The first kappa shape index (κ1) is 12.5. The predicted octanol–water partition coefficient (Wildman–Crippen LogP) is 2.08. The highest BCUT2D eigenvalue weighted by molar-refractivity contribution is 7.99. The number of rotatable bonds is 2. The molecule has 1 atom stereocenters. The monoisotopic (exact) mass is 252 g/mol. The fourth-order valence-corrected chi connectivity index (χ4v) is 3.19. The van der Waals surface area contributed by atoms with Crippen LogP contribution < -0.4 is 10.2 Å². The number of aryl methyl sites for hydroxylation is 1. The van der Waals surface area contributed by atoms with E-state index in [4.69, 9.17) is 0 Å². The SMILES string of the molecule is CNc1nc(C)nc(N2CCSCC2C)c1C. The van der Waals surface area contributed by atoms with Gasteiger partial charge in [0.25, 0.3) is 0 Å². The van der Waals surface area contributed by atoms with Gasteiger partial charge in [-0.25, -0.2) is 9.97 Å². The Hall–Kier alpha value is -0.970. The molecule has 0 amide bonds. The summed E-state index contributed by atoms with van der Waals surface area (Å²) in [7, 11) is 1.91. The first-order chi connectivity index (χ1) is 8.13. The van der Waals surface area contributed by atoms with E-state index in [9.17, 15) is 0 Å². The third-order valence-corrected chi connectivity index (χ3v) is 4.30. The first-order valence-corrected chi connectivity index (χ1v) is 7.16. The van der Waals surface area contributed by atoms with Gasteiger partial charge in [0, 0.05) is 36.7 Å². The van der Waals surface area contributed by atoms with E-state index in [2.05, 4.69) is 34.0 Å². The lowest BCUT2D eigenvalue weighted by Gasteiger charge is -2.35. The average Bonchev–Trinajstić information content (AvgIpc) is 2.32. The molecule has 4 nitrogen and oxygen atoms in total. The van der Waals surface area contributed by atoms with Gasteiger partial charge in [-0.1, -0.05) is 0 Å². The summed E-state index contributed by atoms with van der Waals surface area (Å²) < 4.78 is 0. The van der Waals surface area contributed by atoms with E-state index >= 15 is 0 Å². The van der Waals surface area contributed by atoms with Crippen LogP contribution in [0.25, 0.3) is 0 Å².